The van der Waals surface area contributed by atoms with Gasteiger partial charge in [0.05, 0.1) is 23.6 Å². The Morgan fingerprint density at radius 2 is 1.61 bits per heavy atom. The highest BCUT2D eigenvalue weighted by Crippen LogP contribution is 2.28. The summed E-state index contributed by atoms with van der Waals surface area (Å²) in [4.78, 5) is 11.2. The first-order valence-electron chi connectivity index (χ1n) is 10.2. The van der Waals surface area contributed by atoms with Crippen LogP contribution in [0.15, 0.2) is 72.8 Å². The Kier molecular flexibility index (Phi) is 7.70. The number of nitrogens with one attached hydrogen (secondary N) is 2. The fourth-order valence-corrected chi connectivity index (χ4v) is 3.99. The smallest absolute Gasteiger partial charge is 0.335 e. The van der Waals surface area contributed by atoms with Gasteiger partial charge in [0.25, 0.3) is 0 Å². The number of carbonyl (C=O) groups is 1. The molecule has 33 heavy (non-hydrogen) atoms. The fraction of sp³-hybridized carbons (Fsp3) is 0.208. The molecule has 8 nitrogen and oxygen atoms in total. The number of hydrogen-bond acceptors (Lipinski definition) is 6. The highest BCUT2D eigenvalue weighted by atomic mass is 32.2. The predicted molar refractivity (Wildman–Crippen MR) is 126 cm³/mol. The highest BCUT2D eigenvalue weighted by Gasteiger charge is 2.17. The standard InChI is InChI=1S/C24H26N2O6S/c1-33(31,32)26-21-14-19(11-12-22(21)27)23(28)15-25-20(13-16-5-3-2-4-6-16)17-7-9-18(10-8-17)24(29)30/h2-12,14,20,23,25-28H,13,15H2,1H3,(H,29,30)/t20-,23?/m1/s1. The molecule has 0 heterocycles. The van der Waals surface area contributed by atoms with E-state index in [1.54, 1.807) is 12.1 Å². The Morgan fingerprint density at radius 1 is 0.970 bits per heavy atom. The second-order valence-corrected chi connectivity index (χ2v) is 9.49. The van der Waals surface area contributed by atoms with Crippen LogP contribution in [-0.2, 0) is 16.4 Å². The molecule has 0 bridgehead atoms. The number of carboxylic acid groups (broad SMARTS) is 1. The summed E-state index contributed by atoms with van der Waals surface area (Å²) < 4.78 is 25.2. The molecule has 0 saturated heterocycles. The molecule has 9 heteroatoms. The summed E-state index contributed by atoms with van der Waals surface area (Å²) in [6, 6.07) is 20.3. The van der Waals surface area contributed by atoms with E-state index >= 15 is 0 Å². The third-order valence-electron chi connectivity index (χ3n) is 5.10. The van der Waals surface area contributed by atoms with Gasteiger partial charge in [0.1, 0.15) is 5.75 Å². The molecule has 0 radical (unpaired) electrons. The Morgan fingerprint density at radius 3 is 2.21 bits per heavy atom. The number of aliphatic hydroxyl groups is 1. The van der Waals surface area contributed by atoms with Gasteiger partial charge in [0, 0.05) is 12.6 Å². The van der Waals surface area contributed by atoms with E-state index in [1.165, 1.54) is 30.3 Å². The van der Waals surface area contributed by atoms with Crippen molar-refractivity contribution in [3.8, 4) is 5.75 Å². The van der Waals surface area contributed by atoms with Crippen LogP contribution >= 0.6 is 0 Å². The van der Waals surface area contributed by atoms with Gasteiger partial charge in [-0.2, -0.15) is 0 Å². The second kappa shape index (κ2) is 10.5. The van der Waals surface area contributed by atoms with E-state index < -0.39 is 22.1 Å². The van der Waals surface area contributed by atoms with Gasteiger partial charge in [0.15, 0.2) is 0 Å². The molecule has 174 valence electrons. The zero-order valence-corrected chi connectivity index (χ0v) is 18.8. The molecule has 1 unspecified atom stereocenters. The molecule has 3 aromatic carbocycles. The molecule has 0 aliphatic heterocycles. The van der Waals surface area contributed by atoms with Crippen molar-refractivity contribution in [2.24, 2.45) is 0 Å². The number of phenols is 1. The first kappa shape index (κ1) is 24.2. The summed E-state index contributed by atoms with van der Waals surface area (Å²) in [5, 5.41) is 33.1. The van der Waals surface area contributed by atoms with Crippen molar-refractivity contribution in [1.29, 1.82) is 0 Å². The first-order valence-corrected chi connectivity index (χ1v) is 12.1. The molecule has 0 aliphatic carbocycles. The van der Waals surface area contributed by atoms with Crippen LogP contribution in [0.1, 0.15) is 39.2 Å². The Bertz CT molecular complexity index is 1200. The molecule has 0 fully saturated rings. The zero-order valence-electron chi connectivity index (χ0n) is 18.0. The molecule has 3 aromatic rings. The summed E-state index contributed by atoms with van der Waals surface area (Å²) in [6.45, 7) is 0.140. The van der Waals surface area contributed by atoms with Gasteiger partial charge in [-0.15, -0.1) is 0 Å². The van der Waals surface area contributed by atoms with E-state index in [2.05, 4.69) is 10.0 Å². The lowest BCUT2D eigenvalue weighted by Gasteiger charge is -2.22. The highest BCUT2D eigenvalue weighted by molar-refractivity contribution is 7.92. The zero-order chi connectivity index (χ0) is 24.0. The van der Waals surface area contributed by atoms with E-state index in [4.69, 9.17) is 5.11 Å². The number of aromatic hydroxyl groups is 1. The fourth-order valence-electron chi connectivity index (χ4n) is 3.43. The van der Waals surface area contributed by atoms with E-state index in [9.17, 15) is 23.4 Å². The van der Waals surface area contributed by atoms with Crippen molar-refractivity contribution in [3.63, 3.8) is 0 Å². The van der Waals surface area contributed by atoms with Crippen molar-refractivity contribution in [2.45, 2.75) is 18.6 Å². The van der Waals surface area contributed by atoms with Crippen molar-refractivity contribution < 1.29 is 28.5 Å². The number of benzene rings is 3. The van der Waals surface area contributed by atoms with Gasteiger partial charge >= 0.3 is 5.97 Å². The molecule has 3 rings (SSSR count). The molecule has 2 atom stereocenters. The van der Waals surface area contributed by atoms with E-state index in [0.29, 0.717) is 12.0 Å². The normalized spacial score (nSPS) is 13.3. The number of aromatic carboxylic acids is 1. The summed E-state index contributed by atoms with van der Waals surface area (Å²) in [7, 11) is -3.60. The quantitative estimate of drug-likeness (QED) is 0.287. The van der Waals surface area contributed by atoms with E-state index in [0.717, 1.165) is 17.4 Å². The van der Waals surface area contributed by atoms with E-state index in [-0.39, 0.29) is 29.6 Å². The monoisotopic (exact) mass is 470 g/mol. The lowest BCUT2D eigenvalue weighted by atomic mass is 9.97. The van der Waals surface area contributed by atoms with Gasteiger partial charge in [0.2, 0.25) is 10.0 Å². The van der Waals surface area contributed by atoms with Gasteiger partial charge < -0.3 is 20.6 Å². The molecule has 0 aromatic heterocycles. The minimum Gasteiger partial charge on any atom is -0.506 e. The van der Waals surface area contributed by atoms with E-state index in [1.807, 2.05) is 30.3 Å². The minimum absolute atomic E-state index is 0.0147. The summed E-state index contributed by atoms with van der Waals surface area (Å²) in [5.74, 6) is -1.25. The van der Waals surface area contributed by atoms with Gasteiger partial charge in [-0.05, 0) is 47.4 Å². The molecular formula is C24H26N2O6S. The molecule has 0 spiro atoms. The summed E-state index contributed by atoms with van der Waals surface area (Å²) in [6.07, 6.45) is 0.597. The van der Waals surface area contributed by atoms with Crippen molar-refractivity contribution >= 4 is 21.7 Å². The maximum Gasteiger partial charge on any atom is 0.335 e. The van der Waals surface area contributed by atoms with Crippen molar-refractivity contribution in [3.05, 3.63) is 95.1 Å². The minimum atomic E-state index is -3.60. The molecular weight excluding hydrogens is 444 g/mol. The second-order valence-electron chi connectivity index (χ2n) is 7.74. The van der Waals surface area contributed by atoms with Crippen molar-refractivity contribution in [2.75, 3.05) is 17.5 Å². The number of sulfonamides is 1. The van der Waals surface area contributed by atoms with Crippen LogP contribution in [0, 0.1) is 0 Å². The number of phenolic OH excluding ortho intramolecular Hbond substituents is 1. The Balaban J connectivity index is 1.78. The molecule has 0 saturated carbocycles. The van der Waals surface area contributed by atoms with Crippen LogP contribution in [0.5, 0.6) is 5.75 Å². The lowest BCUT2D eigenvalue weighted by Crippen LogP contribution is -2.28. The lowest BCUT2D eigenvalue weighted by molar-refractivity contribution is 0.0697. The number of aliphatic hydroxyl groups excluding tert-OH is 1. The number of anilines is 1. The van der Waals surface area contributed by atoms with Crippen LogP contribution in [0.3, 0.4) is 0 Å². The Hall–Kier alpha value is -3.40. The first-order chi connectivity index (χ1) is 15.6. The number of hydrogen-bond donors (Lipinski definition) is 5. The van der Waals surface area contributed by atoms with Crippen LogP contribution in [0.25, 0.3) is 0 Å². The largest absolute Gasteiger partial charge is 0.506 e. The van der Waals surface area contributed by atoms with Crippen LogP contribution in [-0.4, -0.2) is 42.5 Å². The summed E-state index contributed by atoms with van der Waals surface area (Å²) in [5.41, 5.74) is 2.52. The predicted octanol–water partition coefficient (Wildman–Crippen LogP) is 3.07. The van der Waals surface area contributed by atoms with Gasteiger partial charge in [-0.3, -0.25) is 4.72 Å². The topological polar surface area (TPSA) is 136 Å². The van der Waals surface area contributed by atoms with Crippen LogP contribution in [0.2, 0.25) is 0 Å². The third-order valence-corrected chi connectivity index (χ3v) is 5.69. The van der Waals surface area contributed by atoms with Gasteiger partial charge in [-0.25, -0.2) is 13.2 Å². The number of rotatable bonds is 10. The molecule has 5 N–H and O–H groups in total. The average Bonchev–Trinajstić information content (AvgIpc) is 2.77. The third kappa shape index (κ3) is 7.04. The van der Waals surface area contributed by atoms with Crippen LogP contribution in [0.4, 0.5) is 5.69 Å². The molecule has 0 amide bonds. The SMILES string of the molecule is CS(=O)(=O)Nc1cc(C(O)CN[C@H](Cc2ccccc2)c2ccc(C(=O)O)cc2)ccc1O. The molecule has 0 aliphatic rings. The Labute approximate surface area is 192 Å². The maximum absolute atomic E-state index is 11.5. The van der Waals surface area contributed by atoms with Crippen LogP contribution < -0.4 is 10.0 Å². The maximum atomic E-state index is 11.5. The van der Waals surface area contributed by atoms with Gasteiger partial charge in [-0.1, -0.05) is 48.5 Å². The average molecular weight is 471 g/mol. The number of carboxylic acids is 1. The summed E-state index contributed by atoms with van der Waals surface area (Å²) >= 11 is 0. The van der Waals surface area contributed by atoms with Crippen molar-refractivity contribution in [1.82, 2.24) is 5.32 Å².